The third-order valence-corrected chi connectivity index (χ3v) is 6.06. The molecule has 0 unspecified atom stereocenters. The maximum atomic E-state index is 12.9. The summed E-state index contributed by atoms with van der Waals surface area (Å²) in [6.07, 6.45) is 2.56. The molecule has 23 heavy (non-hydrogen) atoms. The van der Waals surface area contributed by atoms with Crippen molar-refractivity contribution in [2.75, 3.05) is 13.1 Å². The summed E-state index contributed by atoms with van der Waals surface area (Å²) < 4.78 is 28.9. The third-order valence-electron chi connectivity index (χ3n) is 4.24. The van der Waals surface area contributed by atoms with Gasteiger partial charge in [-0.05, 0) is 59.4 Å². The minimum absolute atomic E-state index is 0.327. The van der Waals surface area contributed by atoms with Gasteiger partial charge in [0.1, 0.15) is 6.33 Å². The molecule has 3 rings (SSSR count). The van der Waals surface area contributed by atoms with E-state index in [-0.39, 0.29) is 0 Å². The first-order valence-electron chi connectivity index (χ1n) is 7.72. The number of tetrazole rings is 1. The van der Waals surface area contributed by atoms with E-state index >= 15 is 0 Å². The predicted octanol–water partition coefficient (Wildman–Crippen LogP) is 1.64. The number of sulfonamides is 1. The quantitative estimate of drug-likeness (QED) is 0.852. The summed E-state index contributed by atoms with van der Waals surface area (Å²) in [6, 6.07) is 5.06. The fraction of sp³-hybridized carbons (Fsp3) is 0.533. The molecule has 1 aromatic heterocycles. The second kappa shape index (κ2) is 6.01. The minimum Gasteiger partial charge on any atom is -0.207 e. The molecule has 0 bridgehead atoms. The van der Waals surface area contributed by atoms with Crippen LogP contribution in [-0.2, 0) is 10.0 Å². The smallest absolute Gasteiger partial charge is 0.207 e. The van der Waals surface area contributed by atoms with Gasteiger partial charge in [0.25, 0.3) is 0 Å². The Morgan fingerprint density at radius 1 is 1.17 bits per heavy atom. The van der Waals surface area contributed by atoms with E-state index in [4.69, 9.17) is 0 Å². The molecule has 2 heterocycles. The van der Waals surface area contributed by atoms with Crippen LogP contribution >= 0.6 is 0 Å². The molecule has 1 aliphatic heterocycles. The topological polar surface area (TPSA) is 81.0 Å². The third kappa shape index (κ3) is 3.13. The van der Waals surface area contributed by atoms with Crippen LogP contribution in [0.5, 0.6) is 0 Å². The highest BCUT2D eigenvalue weighted by molar-refractivity contribution is 7.89. The van der Waals surface area contributed by atoms with Crippen molar-refractivity contribution in [2.24, 2.45) is 11.8 Å². The van der Waals surface area contributed by atoms with Crippen molar-refractivity contribution >= 4 is 10.0 Å². The molecule has 1 saturated heterocycles. The summed E-state index contributed by atoms with van der Waals surface area (Å²) in [6.45, 7) is 7.23. The van der Waals surface area contributed by atoms with Gasteiger partial charge in [0.2, 0.25) is 10.0 Å². The van der Waals surface area contributed by atoms with Gasteiger partial charge in [0.05, 0.1) is 10.6 Å². The largest absolute Gasteiger partial charge is 0.243 e. The van der Waals surface area contributed by atoms with Gasteiger partial charge in [-0.1, -0.05) is 13.8 Å². The Kier molecular flexibility index (Phi) is 4.20. The van der Waals surface area contributed by atoms with Gasteiger partial charge in [0.15, 0.2) is 0 Å². The number of hydrogen-bond acceptors (Lipinski definition) is 5. The van der Waals surface area contributed by atoms with Crippen molar-refractivity contribution in [3.05, 3.63) is 30.1 Å². The number of rotatable bonds is 3. The van der Waals surface area contributed by atoms with Crippen molar-refractivity contribution in [3.8, 4) is 5.69 Å². The van der Waals surface area contributed by atoms with Crippen LogP contribution in [0, 0.1) is 18.8 Å². The summed E-state index contributed by atoms with van der Waals surface area (Å²) in [5, 5.41) is 11.1. The Hall–Kier alpha value is -1.80. The molecule has 7 nitrogen and oxygen atoms in total. The van der Waals surface area contributed by atoms with Gasteiger partial charge in [-0.3, -0.25) is 0 Å². The highest BCUT2D eigenvalue weighted by Gasteiger charge is 2.31. The fourth-order valence-corrected chi connectivity index (χ4v) is 5.03. The average Bonchev–Trinajstić information content (AvgIpc) is 3.00. The van der Waals surface area contributed by atoms with Gasteiger partial charge in [-0.25, -0.2) is 13.1 Å². The van der Waals surface area contributed by atoms with Crippen LogP contribution < -0.4 is 0 Å². The first-order chi connectivity index (χ1) is 10.9. The molecule has 0 aliphatic carbocycles. The Morgan fingerprint density at radius 2 is 1.87 bits per heavy atom. The Bertz CT molecular complexity index is 778. The van der Waals surface area contributed by atoms with Crippen molar-refractivity contribution in [1.82, 2.24) is 24.5 Å². The first kappa shape index (κ1) is 16.1. The highest BCUT2D eigenvalue weighted by atomic mass is 32.2. The summed E-state index contributed by atoms with van der Waals surface area (Å²) in [7, 11) is -3.46. The number of benzene rings is 1. The van der Waals surface area contributed by atoms with Crippen molar-refractivity contribution in [3.63, 3.8) is 0 Å². The number of aryl methyl sites for hydroxylation is 1. The molecule has 1 aromatic carbocycles. The molecule has 0 saturated carbocycles. The van der Waals surface area contributed by atoms with Gasteiger partial charge in [-0.2, -0.15) is 4.31 Å². The van der Waals surface area contributed by atoms with E-state index in [9.17, 15) is 8.42 Å². The molecular weight excluding hydrogens is 314 g/mol. The van der Waals surface area contributed by atoms with Gasteiger partial charge in [-0.15, -0.1) is 5.10 Å². The maximum absolute atomic E-state index is 12.9. The zero-order valence-electron chi connectivity index (χ0n) is 13.5. The first-order valence-corrected chi connectivity index (χ1v) is 9.16. The second-order valence-electron chi connectivity index (χ2n) is 6.47. The SMILES string of the molecule is Cc1cc(S(=O)(=O)N2C[C@H](C)C[C@H](C)C2)ccc1-n1cnnn1. The predicted molar refractivity (Wildman–Crippen MR) is 85.6 cm³/mol. The van der Waals surface area contributed by atoms with Gasteiger partial charge < -0.3 is 0 Å². The van der Waals surface area contributed by atoms with E-state index in [0.717, 1.165) is 17.7 Å². The number of aromatic nitrogens is 4. The van der Waals surface area contributed by atoms with E-state index in [1.165, 1.54) is 11.0 Å². The number of hydrogen-bond donors (Lipinski definition) is 0. The summed E-state index contributed by atoms with van der Waals surface area (Å²) in [4.78, 5) is 0.327. The van der Waals surface area contributed by atoms with E-state index in [1.54, 1.807) is 22.5 Å². The molecule has 2 atom stereocenters. The Labute approximate surface area is 136 Å². The number of nitrogens with zero attached hydrogens (tertiary/aromatic N) is 5. The van der Waals surface area contributed by atoms with Crippen molar-refractivity contribution < 1.29 is 8.42 Å². The minimum atomic E-state index is -3.46. The normalized spacial score (nSPS) is 23.1. The van der Waals surface area contributed by atoms with E-state index < -0.39 is 10.0 Å². The van der Waals surface area contributed by atoms with Crippen molar-refractivity contribution in [1.29, 1.82) is 0 Å². The van der Waals surface area contributed by atoms with E-state index in [0.29, 0.717) is 29.8 Å². The van der Waals surface area contributed by atoms with E-state index in [2.05, 4.69) is 29.4 Å². The molecule has 0 spiro atoms. The monoisotopic (exact) mass is 335 g/mol. The molecule has 0 radical (unpaired) electrons. The van der Waals surface area contributed by atoms with Crippen LogP contribution in [0.3, 0.4) is 0 Å². The number of piperidine rings is 1. The summed E-state index contributed by atoms with van der Waals surface area (Å²) in [5.74, 6) is 0.769. The lowest BCUT2D eigenvalue weighted by molar-refractivity contribution is 0.222. The van der Waals surface area contributed by atoms with Gasteiger partial charge >= 0.3 is 0 Å². The lowest BCUT2D eigenvalue weighted by Crippen LogP contribution is -2.42. The van der Waals surface area contributed by atoms with Crippen LogP contribution in [0.25, 0.3) is 5.69 Å². The van der Waals surface area contributed by atoms with Crippen molar-refractivity contribution in [2.45, 2.75) is 32.1 Å². The van der Waals surface area contributed by atoms with Crippen LogP contribution in [-0.4, -0.2) is 46.0 Å². The Balaban J connectivity index is 1.93. The van der Waals surface area contributed by atoms with E-state index in [1.807, 2.05) is 6.92 Å². The van der Waals surface area contributed by atoms with Crippen LogP contribution in [0.15, 0.2) is 29.4 Å². The molecular formula is C15H21N5O2S. The molecule has 8 heteroatoms. The molecule has 0 amide bonds. The fourth-order valence-electron chi connectivity index (χ4n) is 3.27. The zero-order chi connectivity index (χ0) is 16.6. The van der Waals surface area contributed by atoms with Crippen LogP contribution in [0.2, 0.25) is 0 Å². The molecule has 2 aromatic rings. The summed E-state index contributed by atoms with van der Waals surface area (Å²) >= 11 is 0. The van der Waals surface area contributed by atoms with Crippen LogP contribution in [0.4, 0.5) is 0 Å². The standard InChI is InChI=1S/C15H21N5O2S/c1-11-6-12(2)9-19(8-11)23(21,22)14-4-5-15(13(3)7-14)20-10-16-17-18-20/h4-5,7,10-12H,6,8-9H2,1-3H3/t11-,12+. The van der Waals surface area contributed by atoms with Crippen LogP contribution in [0.1, 0.15) is 25.8 Å². The second-order valence-corrected chi connectivity index (χ2v) is 8.41. The van der Waals surface area contributed by atoms with Gasteiger partial charge in [0, 0.05) is 13.1 Å². The maximum Gasteiger partial charge on any atom is 0.243 e. The molecule has 1 fully saturated rings. The molecule has 0 N–H and O–H groups in total. The zero-order valence-corrected chi connectivity index (χ0v) is 14.4. The lowest BCUT2D eigenvalue weighted by Gasteiger charge is -2.34. The summed E-state index contributed by atoms with van der Waals surface area (Å²) in [5.41, 5.74) is 1.59. The Morgan fingerprint density at radius 3 is 2.43 bits per heavy atom. The molecule has 124 valence electrons. The average molecular weight is 335 g/mol. The molecule has 1 aliphatic rings. The lowest BCUT2D eigenvalue weighted by atomic mass is 9.94. The highest BCUT2D eigenvalue weighted by Crippen LogP contribution is 2.27.